The fourth-order valence-electron chi connectivity index (χ4n) is 3.22. The van der Waals surface area contributed by atoms with Gasteiger partial charge in [-0.15, -0.1) is 0 Å². The van der Waals surface area contributed by atoms with Gasteiger partial charge in [0.15, 0.2) is 0 Å². The highest BCUT2D eigenvalue weighted by atomic mass is 35.5. The van der Waals surface area contributed by atoms with Crippen LogP contribution in [0.25, 0.3) is 5.69 Å². The molecule has 4 rings (SSSR count). The van der Waals surface area contributed by atoms with Gasteiger partial charge in [-0.3, -0.25) is 4.79 Å². The van der Waals surface area contributed by atoms with Gasteiger partial charge in [-0.05, 0) is 35.9 Å². The quantitative estimate of drug-likeness (QED) is 0.610. The molecule has 1 amide bonds. The predicted molar refractivity (Wildman–Crippen MR) is 116 cm³/mol. The summed E-state index contributed by atoms with van der Waals surface area (Å²) in [5.74, 6) is -0.329. The van der Waals surface area contributed by atoms with Crippen LogP contribution in [0.4, 0.5) is 0 Å². The molecule has 1 N–H and O–H groups in total. The summed E-state index contributed by atoms with van der Waals surface area (Å²) in [7, 11) is -3.55. The SMILES string of the molecule is O=C(NCc1ccccc1Cl)c1cn(-c2ccc(S(=O)(=O)N3CCOCC3)cc2)cn1. The highest BCUT2D eigenvalue weighted by Crippen LogP contribution is 2.19. The van der Waals surface area contributed by atoms with Crippen LogP contribution in [0.5, 0.6) is 0 Å². The Hall–Kier alpha value is -2.72. The fraction of sp³-hybridized carbons (Fsp3) is 0.238. The number of nitrogens with zero attached hydrogens (tertiary/aromatic N) is 3. The smallest absolute Gasteiger partial charge is 0.271 e. The first-order valence-corrected chi connectivity index (χ1v) is 11.5. The molecule has 0 unspecified atom stereocenters. The van der Waals surface area contributed by atoms with Gasteiger partial charge in [0.2, 0.25) is 10.0 Å². The van der Waals surface area contributed by atoms with Crippen LogP contribution in [0.3, 0.4) is 0 Å². The van der Waals surface area contributed by atoms with Crippen LogP contribution in [-0.2, 0) is 21.3 Å². The normalized spacial score (nSPS) is 15.0. The number of hydrogen-bond donors (Lipinski definition) is 1. The van der Waals surface area contributed by atoms with E-state index in [0.717, 1.165) is 5.56 Å². The summed E-state index contributed by atoms with van der Waals surface area (Å²) in [5, 5.41) is 3.38. The molecule has 31 heavy (non-hydrogen) atoms. The van der Waals surface area contributed by atoms with E-state index in [1.54, 1.807) is 41.1 Å². The zero-order chi connectivity index (χ0) is 21.8. The Morgan fingerprint density at radius 1 is 1.10 bits per heavy atom. The molecular formula is C21H21ClN4O4S. The number of aromatic nitrogens is 2. The van der Waals surface area contributed by atoms with Crippen LogP contribution < -0.4 is 5.32 Å². The molecule has 0 atom stereocenters. The van der Waals surface area contributed by atoms with Crippen molar-refractivity contribution in [3.05, 3.63) is 77.3 Å². The molecule has 0 saturated carbocycles. The van der Waals surface area contributed by atoms with Gasteiger partial charge in [0, 0.05) is 36.5 Å². The zero-order valence-electron chi connectivity index (χ0n) is 16.6. The van der Waals surface area contributed by atoms with E-state index in [9.17, 15) is 13.2 Å². The van der Waals surface area contributed by atoms with Gasteiger partial charge >= 0.3 is 0 Å². The van der Waals surface area contributed by atoms with Gasteiger partial charge in [-0.1, -0.05) is 29.8 Å². The van der Waals surface area contributed by atoms with Crippen LogP contribution in [0.2, 0.25) is 5.02 Å². The number of ether oxygens (including phenoxy) is 1. The first-order chi connectivity index (χ1) is 14.9. The second-order valence-electron chi connectivity index (χ2n) is 6.95. The molecule has 1 saturated heterocycles. The lowest BCUT2D eigenvalue weighted by Crippen LogP contribution is -2.40. The number of imidazole rings is 1. The molecule has 0 radical (unpaired) electrons. The number of amides is 1. The zero-order valence-corrected chi connectivity index (χ0v) is 18.1. The van der Waals surface area contributed by atoms with Crippen molar-refractivity contribution >= 4 is 27.5 Å². The molecule has 1 aromatic heterocycles. The number of sulfonamides is 1. The van der Waals surface area contributed by atoms with Gasteiger partial charge in [-0.25, -0.2) is 13.4 Å². The van der Waals surface area contributed by atoms with Gasteiger partial charge in [-0.2, -0.15) is 4.31 Å². The van der Waals surface area contributed by atoms with Gasteiger partial charge in [0.1, 0.15) is 12.0 Å². The van der Waals surface area contributed by atoms with Crippen molar-refractivity contribution in [2.75, 3.05) is 26.3 Å². The van der Waals surface area contributed by atoms with Crippen molar-refractivity contribution in [1.29, 1.82) is 0 Å². The van der Waals surface area contributed by atoms with E-state index in [4.69, 9.17) is 16.3 Å². The second-order valence-corrected chi connectivity index (χ2v) is 9.30. The van der Waals surface area contributed by atoms with Crippen LogP contribution in [0.15, 0.2) is 66.0 Å². The van der Waals surface area contributed by atoms with Crippen LogP contribution in [0.1, 0.15) is 16.1 Å². The highest BCUT2D eigenvalue weighted by molar-refractivity contribution is 7.89. The average Bonchev–Trinajstić information content (AvgIpc) is 3.29. The van der Waals surface area contributed by atoms with Crippen molar-refractivity contribution in [3.63, 3.8) is 0 Å². The van der Waals surface area contributed by atoms with Crippen molar-refractivity contribution in [3.8, 4) is 5.69 Å². The maximum atomic E-state index is 12.7. The Balaban J connectivity index is 1.44. The molecule has 2 heterocycles. The molecule has 0 aliphatic carbocycles. The Morgan fingerprint density at radius 3 is 2.52 bits per heavy atom. The van der Waals surface area contributed by atoms with E-state index in [0.29, 0.717) is 43.6 Å². The lowest BCUT2D eigenvalue weighted by molar-refractivity contribution is 0.0730. The Morgan fingerprint density at radius 2 is 1.81 bits per heavy atom. The van der Waals surface area contributed by atoms with Gasteiger partial charge in [0.25, 0.3) is 5.91 Å². The third-order valence-corrected chi connectivity index (χ3v) is 7.24. The summed E-state index contributed by atoms with van der Waals surface area (Å²) in [6.45, 7) is 1.78. The molecule has 8 nitrogen and oxygen atoms in total. The van der Waals surface area contributed by atoms with Crippen LogP contribution in [0, 0.1) is 0 Å². The monoisotopic (exact) mass is 460 g/mol. The molecule has 3 aromatic rings. The van der Waals surface area contributed by atoms with Crippen molar-refractivity contribution in [2.45, 2.75) is 11.4 Å². The van der Waals surface area contributed by atoms with Crippen molar-refractivity contribution < 1.29 is 17.9 Å². The van der Waals surface area contributed by atoms with Crippen LogP contribution in [-0.4, -0.2) is 54.5 Å². The predicted octanol–water partition coefficient (Wildman–Crippen LogP) is 2.48. The van der Waals surface area contributed by atoms with Gasteiger partial charge < -0.3 is 14.6 Å². The highest BCUT2D eigenvalue weighted by Gasteiger charge is 2.26. The minimum atomic E-state index is -3.55. The number of benzene rings is 2. The molecule has 162 valence electrons. The van der Waals surface area contributed by atoms with Gasteiger partial charge in [0.05, 0.1) is 18.1 Å². The topological polar surface area (TPSA) is 93.5 Å². The van der Waals surface area contributed by atoms with E-state index in [1.165, 1.54) is 10.6 Å². The summed E-state index contributed by atoms with van der Waals surface area (Å²) >= 11 is 6.11. The number of rotatable bonds is 6. The number of hydrogen-bond acceptors (Lipinski definition) is 5. The Bertz CT molecular complexity index is 1170. The summed E-state index contributed by atoms with van der Waals surface area (Å²) < 4.78 is 33.8. The number of carbonyl (C=O) groups is 1. The summed E-state index contributed by atoms with van der Waals surface area (Å²) in [4.78, 5) is 16.8. The Labute approximate surface area is 185 Å². The summed E-state index contributed by atoms with van der Waals surface area (Å²) in [5.41, 5.74) is 1.75. The summed E-state index contributed by atoms with van der Waals surface area (Å²) in [6.07, 6.45) is 3.10. The molecule has 2 aromatic carbocycles. The van der Waals surface area contributed by atoms with E-state index >= 15 is 0 Å². The maximum absolute atomic E-state index is 12.7. The van der Waals surface area contributed by atoms with E-state index in [2.05, 4.69) is 10.3 Å². The number of carbonyl (C=O) groups excluding carboxylic acids is 1. The largest absolute Gasteiger partial charge is 0.379 e. The first-order valence-electron chi connectivity index (χ1n) is 9.69. The third kappa shape index (κ3) is 4.80. The summed E-state index contributed by atoms with van der Waals surface area (Å²) in [6, 6.07) is 13.8. The maximum Gasteiger partial charge on any atom is 0.271 e. The molecule has 10 heteroatoms. The lowest BCUT2D eigenvalue weighted by atomic mass is 10.2. The second kappa shape index (κ2) is 9.19. The van der Waals surface area contributed by atoms with Crippen molar-refractivity contribution in [1.82, 2.24) is 19.2 Å². The van der Waals surface area contributed by atoms with E-state index < -0.39 is 10.0 Å². The standard InChI is InChI=1S/C21H21ClN4O4S/c22-19-4-2-1-3-16(19)13-23-21(27)20-14-25(15-24-20)17-5-7-18(8-6-17)31(28,29)26-9-11-30-12-10-26/h1-8,14-15H,9-13H2,(H,23,27). The third-order valence-electron chi connectivity index (χ3n) is 4.96. The molecule has 1 aliphatic heterocycles. The number of morpholine rings is 1. The molecule has 1 fully saturated rings. The average molecular weight is 461 g/mol. The molecule has 1 aliphatic rings. The number of nitrogens with one attached hydrogen (secondary N) is 1. The molecule has 0 bridgehead atoms. The fourth-order valence-corrected chi connectivity index (χ4v) is 4.83. The Kier molecular flexibility index (Phi) is 6.38. The minimum Gasteiger partial charge on any atom is -0.379 e. The van der Waals surface area contributed by atoms with Crippen molar-refractivity contribution in [2.24, 2.45) is 0 Å². The molecule has 0 spiro atoms. The first kappa shape index (κ1) is 21.5. The lowest BCUT2D eigenvalue weighted by Gasteiger charge is -2.26. The molecular weight excluding hydrogens is 440 g/mol. The number of halogens is 1. The van der Waals surface area contributed by atoms with E-state index in [1.807, 2.05) is 18.2 Å². The minimum absolute atomic E-state index is 0.218. The van der Waals surface area contributed by atoms with E-state index in [-0.39, 0.29) is 16.5 Å². The van der Waals surface area contributed by atoms with Crippen LogP contribution >= 0.6 is 11.6 Å².